The van der Waals surface area contributed by atoms with Crippen LogP contribution in [-0.4, -0.2) is 19.3 Å². The molecule has 2 aromatic carbocycles. The number of aryl methyl sites for hydroxylation is 2. The predicted octanol–water partition coefficient (Wildman–Crippen LogP) is 4.50. The highest BCUT2D eigenvalue weighted by molar-refractivity contribution is 7.89. The van der Waals surface area contributed by atoms with Crippen LogP contribution in [0.1, 0.15) is 30.0 Å². The van der Waals surface area contributed by atoms with E-state index in [2.05, 4.69) is 15.0 Å². The number of hydrogen-bond acceptors (Lipinski definition) is 5. The smallest absolute Gasteiger partial charge is 0.240 e. The Kier molecular flexibility index (Phi) is 6.70. The van der Waals surface area contributed by atoms with Crippen LogP contribution in [0.2, 0.25) is 0 Å². The van der Waals surface area contributed by atoms with Crippen LogP contribution >= 0.6 is 11.3 Å². The summed E-state index contributed by atoms with van der Waals surface area (Å²) in [7, 11) is -3.68. The second-order valence-corrected chi connectivity index (χ2v) is 10.2. The fourth-order valence-electron chi connectivity index (χ4n) is 2.77. The van der Waals surface area contributed by atoms with Gasteiger partial charge in [-0.05, 0) is 43.7 Å². The first kappa shape index (κ1) is 22.1. The van der Waals surface area contributed by atoms with Crippen LogP contribution in [0.15, 0.2) is 53.4 Å². The number of aromatic nitrogens is 1. The second-order valence-electron chi connectivity index (χ2n) is 7.34. The van der Waals surface area contributed by atoms with E-state index in [1.807, 2.05) is 38.1 Å². The van der Waals surface area contributed by atoms with Crippen LogP contribution < -0.4 is 10.0 Å². The summed E-state index contributed by atoms with van der Waals surface area (Å²) in [4.78, 5) is 17.4. The van der Waals surface area contributed by atoms with Crippen LogP contribution in [0.3, 0.4) is 0 Å². The van der Waals surface area contributed by atoms with Gasteiger partial charge >= 0.3 is 0 Å². The van der Waals surface area contributed by atoms with Gasteiger partial charge in [0.05, 0.1) is 10.6 Å². The predicted molar refractivity (Wildman–Crippen MR) is 121 cm³/mol. The van der Waals surface area contributed by atoms with Crippen molar-refractivity contribution in [1.82, 2.24) is 9.71 Å². The lowest BCUT2D eigenvalue weighted by atomic mass is 10.1. The molecule has 158 valence electrons. The van der Waals surface area contributed by atoms with Crippen molar-refractivity contribution in [1.29, 1.82) is 0 Å². The highest BCUT2D eigenvalue weighted by Crippen LogP contribution is 2.30. The Bertz CT molecular complexity index is 1150. The van der Waals surface area contributed by atoms with Crippen molar-refractivity contribution in [2.75, 3.05) is 5.32 Å². The van der Waals surface area contributed by atoms with Crippen molar-refractivity contribution in [3.8, 4) is 10.6 Å². The zero-order chi connectivity index (χ0) is 21.9. The number of rotatable bonds is 7. The van der Waals surface area contributed by atoms with E-state index in [9.17, 15) is 13.2 Å². The van der Waals surface area contributed by atoms with E-state index in [4.69, 9.17) is 0 Å². The van der Waals surface area contributed by atoms with E-state index < -0.39 is 10.0 Å². The van der Waals surface area contributed by atoms with Crippen LogP contribution in [-0.2, 0) is 21.4 Å². The molecule has 0 saturated carbocycles. The molecule has 6 nitrogen and oxygen atoms in total. The van der Waals surface area contributed by atoms with Gasteiger partial charge in [-0.1, -0.05) is 38.1 Å². The first-order valence-electron chi connectivity index (χ1n) is 9.60. The summed E-state index contributed by atoms with van der Waals surface area (Å²) in [5.74, 6) is -0.267. The van der Waals surface area contributed by atoms with Gasteiger partial charge in [-0.15, -0.1) is 11.3 Å². The number of thiazole rings is 1. The molecule has 0 radical (unpaired) electrons. The highest BCUT2D eigenvalue weighted by Gasteiger charge is 2.17. The third-order valence-electron chi connectivity index (χ3n) is 4.65. The van der Waals surface area contributed by atoms with Crippen molar-refractivity contribution in [2.24, 2.45) is 5.92 Å². The number of sulfonamides is 1. The van der Waals surface area contributed by atoms with Gasteiger partial charge in [-0.25, -0.2) is 18.1 Å². The largest absolute Gasteiger partial charge is 0.326 e. The van der Waals surface area contributed by atoms with Gasteiger partial charge < -0.3 is 5.32 Å². The summed E-state index contributed by atoms with van der Waals surface area (Å²) in [6.07, 6.45) is 0. The van der Waals surface area contributed by atoms with Gasteiger partial charge in [0.15, 0.2) is 0 Å². The molecule has 1 aromatic heterocycles. The number of nitrogens with zero attached hydrogens (tertiary/aromatic N) is 1. The molecule has 0 saturated heterocycles. The van der Waals surface area contributed by atoms with E-state index >= 15 is 0 Å². The molecular formula is C22H25N3O3S2. The molecular weight excluding hydrogens is 418 g/mol. The molecule has 0 aliphatic rings. The molecule has 1 amide bonds. The summed E-state index contributed by atoms with van der Waals surface area (Å²) in [6.45, 7) is 7.67. The van der Waals surface area contributed by atoms with E-state index in [1.165, 1.54) is 23.5 Å². The maximum absolute atomic E-state index is 12.7. The molecule has 0 fully saturated rings. The van der Waals surface area contributed by atoms with Crippen molar-refractivity contribution in [3.63, 3.8) is 0 Å². The minimum atomic E-state index is -3.68. The van der Waals surface area contributed by atoms with Crippen molar-refractivity contribution in [2.45, 2.75) is 39.1 Å². The first-order valence-corrected chi connectivity index (χ1v) is 11.9. The Morgan fingerprint density at radius 2 is 1.73 bits per heavy atom. The van der Waals surface area contributed by atoms with E-state index in [0.29, 0.717) is 5.69 Å². The summed E-state index contributed by atoms with van der Waals surface area (Å²) >= 11 is 1.49. The zero-order valence-corrected chi connectivity index (χ0v) is 19.0. The summed E-state index contributed by atoms with van der Waals surface area (Å²) < 4.78 is 28.0. The quantitative estimate of drug-likeness (QED) is 0.563. The van der Waals surface area contributed by atoms with E-state index in [1.54, 1.807) is 26.0 Å². The normalized spacial score (nSPS) is 11.6. The van der Waals surface area contributed by atoms with E-state index in [0.717, 1.165) is 26.7 Å². The molecule has 1 heterocycles. The van der Waals surface area contributed by atoms with Gasteiger partial charge in [-0.2, -0.15) is 0 Å². The molecule has 30 heavy (non-hydrogen) atoms. The number of hydrogen-bond donors (Lipinski definition) is 2. The Morgan fingerprint density at radius 1 is 1.07 bits per heavy atom. The number of carbonyl (C=O) groups excluding carboxylic acids is 1. The Labute approximate surface area is 181 Å². The molecule has 0 atom stereocenters. The number of nitrogens with one attached hydrogen (secondary N) is 2. The van der Waals surface area contributed by atoms with Crippen molar-refractivity contribution in [3.05, 3.63) is 64.7 Å². The topological polar surface area (TPSA) is 88.2 Å². The fraction of sp³-hybridized carbons (Fsp3) is 0.273. The number of carbonyl (C=O) groups is 1. The molecule has 0 spiro atoms. The fourth-order valence-corrected chi connectivity index (χ4v) is 4.95. The van der Waals surface area contributed by atoms with Gasteiger partial charge in [0.2, 0.25) is 15.9 Å². The lowest BCUT2D eigenvalue weighted by molar-refractivity contribution is -0.118. The molecule has 0 unspecified atom stereocenters. The molecule has 0 aliphatic heterocycles. The number of anilines is 1. The molecule has 3 rings (SSSR count). The monoisotopic (exact) mass is 443 g/mol. The SMILES string of the molecule is Cc1ccccc1-c1nc(C)c(CNS(=O)(=O)c2ccc(NC(=O)C(C)C)cc2)s1. The van der Waals surface area contributed by atoms with Crippen LogP contribution in [0, 0.1) is 19.8 Å². The van der Waals surface area contributed by atoms with E-state index in [-0.39, 0.29) is 23.3 Å². The third kappa shape index (κ3) is 5.13. The second kappa shape index (κ2) is 9.07. The summed E-state index contributed by atoms with van der Waals surface area (Å²) in [5, 5.41) is 3.63. The maximum Gasteiger partial charge on any atom is 0.240 e. The van der Waals surface area contributed by atoms with Crippen LogP contribution in [0.4, 0.5) is 5.69 Å². The Morgan fingerprint density at radius 3 is 2.37 bits per heavy atom. The molecule has 8 heteroatoms. The standard InChI is InChI=1S/C22H25N3O3S2/c1-14(2)21(26)25-17-9-11-18(12-10-17)30(27,28)23-13-20-16(4)24-22(29-20)19-8-6-5-7-15(19)3/h5-12,14,23H,13H2,1-4H3,(H,25,26). The molecule has 3 aromatic rings. The summed E-state index contributed by atoms with van der Waals surface area (Å²) in [5.41, 5.74) is 3.56. The minimum absolute atomic E-state index is 0.117. The van der Waals surface area contributed by atoms with Crippen molar-refractivity contribution < 1.29 is 13.2 Å². The van der Waals surface area contributed by atoms with Gasteiger partial charge in [-0.3, -0.25) is 4.79 Å². The maximum atomic E-state index is 12.7. The summed E-state index contributed by atoms with van der Waals surface area (Å²) in [6, 6.07) is 14.1. The van der Waals surface area contributed by atoms with Gasteiger partial charge in [0, 0.05) is 28.6 Å². The van der Waals surface area contributed by atoms with Gasteiger partial charge in [0.25, 0.3) is 0 Å². The van der Waals surface area contributed by atoms with Gasteiger partial charge in [0.1, 0.15) is 5.01 Å². The Hall–Kier alpha value is -2.55. The number of benzene rings is 2. The first-order chi connectivity index (χ1) is 14.2. The average Bonchev–Trinajstić information content (AvgIpc) is 3.07. The van der Waals surface area contributed by atoms with Crippen LogP contribution in [0.5, 0.6) is 0 Å². The van der Waals surface area contributed by atoms with Crippen LogP contribution in [0.25, 0.3) is 10.6 Å². The lowest BCUT2D eigenvalue weighted by Crippen LogP contribution is -2.23. The number of amides is 1. The highest BCUT2D eigenvalue weighted by atomic mass is 32.2. The molecule has 0 aliphatic carbocycles. The average molecular weight is 444 g/mol. The zero-order valence-electron chi connectivity index (χ0n) is 17.4. The molecule has 0 bridgehead atoms. The van der Waals surface area contributed by atoms with Crippen molar-refractivity contribution >= 4 is 33.0 Å². The lowest BCUT2D eigenvalue weighted by Gasteiger charge is -2.09. The Balaban J connectivity index is 1.71. The minimum Gasteiger partial charge on any atom is -0.326 e. The third-order valence-corrected chi connectivity index (χ3v) is 7.26. The molecule has 2 N–H and O–H groups in total.